The number of hydrogen-bond acceptors (Lipinski definition) is 5. The number of halogens is 1. The molecule has 0 unspecified atom stereocenters. The van der Waals surface area contributed by atoms with Crippen LogP contribution in [0.2, 0.25) is 0 Å². The van der Waals surface area contributed by atoms with Crippen LogP contribution in [0.25, 0.3) is 0 Å². The number of nitrogens with zero attached hydrogens (tertiary/aromatic N) is 6. The summed E-state index contributed by atoms with van der Waals surface area (Å²) in [7, 11) is 0. The Hall–Kier alpha value is -3.35. The first-order chi connectivity index (χ1) is 14.2. The van der Waals surface area contributed by atoms with Gasteiger partial charge in [-0.3, -0.25) is 4.57 Å². The molecule has 0 aliphatic carbocycles. The van der Waals surface area contributed by atoms with Gasteiger partial charge in [-0.2, -0.15) is 15.0 Å². The highest BCUT2D eigenvalue weighted by Gasteiger charge is 2.32. The molecular formula is C23H27FN6. The fraction of sp³-hybridized carbons (Fsp3) is 0.304. The van der Waals surface area contributed by atoms with Crippen molar-refractivity contribution in [3.05, 3.63) is 70.6 Å². The molecular weight excluding hydrogens is 379 g/mol. The molecule has 0 saturated heterocycles. The summed E-state index contributed by atoms with van der Waals surface area (Å²) in [5, 5.41) is 0. The van der Waals surface area contributed by atoms with Crippen molar-refractivity contribution < 1.29 is 4.39 Å². The van der Waals surface area contributed by atoms with Crippen LogP contribution in [0.3, 0.4) is 0 Å². The standard InChI is InChI=1S/C15H13FN6.C8H14/c1-8-4-5-9(2)21(8)15-19-13-7-11(16)6-12-17-10(3)18-14(20-15)22(12)13;1-7(2)5-6-8(3)4/h4-7H,1-3H3;5-6H,1-4H3. The van der Waals surface area contributed by atoms with Crippen LogP contribution in [0, 0.1) is 13.8 Å². The molecule has 0 saturated carbocycles. The Morgan fingerprint density at radius 3 is 1.97 bits per heavy atom. The lowest BCUT2D eigenvalue weighted by atomic mass is 10.2. The number of rotatable bonds is 1. The molecule has 0 fully saturated rings. The summed E-state index contributed by atoms with van der Waals surface area (Å²) >= 11 is 0. The normalized spacial score (nSPS) is 16.5. The van der Waals surface area contributed by atoms with E-state index >= 15 is 0 Å². The molecule has 0 bridgehead atoms. The number of guanidine groups is 1. The molecule has 0 spiro atoms. The first-order valence-corrected chi connectivity index (χ1v) is 9.80. The molecule has 30 heavy (non-hydrogen) atoms. The van der Waals surface area contributed by atoms with Gasteiger partial charge in [-0.25, -0.2) is 14.3 Å². The minimum Gasteiger partial charge on any atom is -0.287 e. The fourth-order valence-electron chi connectivity index (χ4n) is 3.00. The summed E-state index contributed by atoms with van der Waals surface area (Å²) in [6, 6.07) is 3.98. The molecule has 7 heteroatoms. The van der Waals surface area contributed by atoms with E-state index in [1.54, 1.807) is 11.8 Å². The minimum atomic E-state index is -0.384. The largest absolute Gasteiger partial charge is 0.287 e. The number of hydrogen-bond donors (Lipinski definition) is 0. The molecule has 0 radical (unpaired) electrons. The van der Waals surface area contributed by atoms with Gasteiger partial charge in [-0.15, -0.1) is 0 Å². The third kappa shape index (κ3) is 4.62. The van der Waals surface area contributed by atoms with E-state index in [0.717, 1.165) is 11.4 Å². The van der Waals surface area contributed by atoms with E-state index in [-0.39, 0.29) is 5.83 Å². The van der Waals surface area contributed by atoms with Gasteiger partial charge < -0.3 is 0 Å². The van der Waals surface area contributed by atoms with Crippen molar-refractivity contribution in [3.8, 4) is 0 Å². The highest BCUT2D eigenvalue weighted by molar-refractivity contribution is 6.21. The van der Waals surface area contributed by atoms with Crippen LogP contribution in [0.4, 0.5) is 4.39 Å². The first kappa shape index (κ1) is 21.4. The van der Waals surface area contributed by atoms with Gasteiger partial charge in [0.05, 0.1) is 0 Å². The number of aromatic nitrogens is 1. The smallest absolute Gasteiger partial charge is 0.242 e. The molecule has 1 aromatic rings. The maximum atomic E-state index is 13.8. The van der Waals surface area contributed by atoms with E-state index < -0.39 is 0 Å². The maximum Gasteiger partial charge on any atom is 0.242 e. The summed E-state index contributed by atoms with van der Waals surface area (Å²) in [6.45, 7) is 14.1. The lowest BCUT2D eigenvalue weighted by molar-refractivity contribution is 0.630. The Morgan fingerprint density at radius 1 is 0.800 bits per heavy atom. The lowest BCUT2D eigenvalue weighted by Gasteiger charge is -2.31. The molecule has 4 heterocycles. The van der Waals surface area contributed by atoms with E-state index in [1.165, 1.54) is 23.3 Å². The molecule has 3 aliphatic rings. The zero-order valence-electron chi connectivity index (χ0n) is 18.5. The van der Waals surface area contributed by atoms with Crippen molar-refractivity contribution >= 4 is 23.6 Å². The van der Waals surface area contributed by atoms with Crippen LogP contribution in [-0.4, -0.2) is 33.1 Å². The fourth-order valence-corrected chi connectivity index (χ4v) is 3.00. The Labute approximate surface area is 177 Å². The van der Waals surface area contributed by atoms with E-state index in [4.69, 9.17) is 0 Å². The van der Waals surface area contributed by atoms with Gasteiger partial charge in [0, 0.05) is 23.5 Å². The monoisotopic (exact) mass is 406 g/mol. The third-order valence-corrected chi connectivity index (χ3v) is 4.37. The highest BCUT2D eigenvalue weighted by Crippen LogP contribution is 2.26. The van der Waals surface area contributed by atoms with E-state index in [2.05, 4.69) is 59.8 Å². The lowest BCUT2D eigenvalue weighted by Crippen LogP contribution is -2.42. The zero-order chi connectivity index (χ0) is 22.0. The predicted molar refractivity (Wildman–Crippen MR) is 123 cm³/mol. The second kappa shape index (κ2) is 8.57. The van der Waals surface area contributed by atoms with Crippen LogP contribution in [0.5, 0.6) is 0 Å². The topological polar surface area (TPSA) is 57.6 Å². The highest BCUT2D eigenvalue weighted by atomic mass is 19.1. The van der Waals surface area contributed by atoms with Crippen molar-refractivity contribution in [1.82, 2.24) is 9.47 Å². The van der Waals surface area contributed by atoms with E-state index in [9.17, 15) is 4.39 Å². The van der Waals surface area contributed by atoms with Crippen LogP contribution in [0.15, 0.2) is 79.2 Å². The molecule has 156 valence electrons. The van der Waals surface area contributed by atoms with Gasteiger partial charge in [-0.1, -0.05) is 23.3 Å². The maximum absolute atomic E-state index is 13.8. The van der Waals surface area contributed by atoms with E-state index in [1.807, 2.05) is 30.5 Å². The zero-order valence-corrected chi connectivity index (χ0v) is 18.5. The van der Waals surface area contributed by atoms with Crippen LogP contribution >= 0.6 is 0 Å². The number of aryl methyl sites for hydroxylation is 2. The molecule has 0 amide bonds. The molecule has 0 aromatic carbocycles. The number of allylic oxidation sites excluding steroid dienone is 6. The first-order valence-electron chi connectivity index (χ1n) is 9.80. The van der Waals surface area contributed by atoms with Gasteiger partial charge in [0.2, 0.25) is 11.9 Å². The van der Waals surface area contributed by atoms with Gasteiger partial charge >= 0.3 is 0 Å². The van der Waals surface area contributed by atoms with Gasteiger partial charge in [0.1, 0.15) is 23.3 Å². The van der Waals surface area contributed by atoms with E-state index in [0.29, 0.717) is 29.4 Å². The van der Waals surface area contributed by atoms with Gasteiger partial charge in [0.15, 0.2) is 0 Å². The summed E-state index contributed by atoms with van der Waals surface area (Å²) in [5.41, 5.74) is 4.72. The quantitative estimate of drug-likeness (QED) is 0.573. The predicted octanol–water partition coefficient (Wildman–Crippen LogP) is 5.44. The van der Waals surface area contributed by atoms with Crippen molar-refractivity contribution in [1.29, 1.82) is 0 Å². The molecule has 4 rings (SSSR count). The van der Waals surface area contributed by atoms with Crippen LogP contribution in [-0.2, 0) is 0 Å². The molecule has 0 N–H and O–H groups in total. The minimum absolute atomic E-state index is 0.384. The molecule has 0 atom stereocenters. The van der Waals surface area contributed by atoms with Crippen LogP contribution < -0.4 is 0 Å². The van der Waals surface area contributed by atoms with Crippen molar-refractivity contribution in [2.45, 2.75) is 48.5 Å². The molecule has 1 aromatic heterocycles. The third-order valence-electron chi connectivity index (χ3n) is 4.37. The summed E-state index contributed by atoms with van der Waals surface area (Å²) in [5.74, 6) is 1.97. The second-order valence-corrected chi connectivity index (χ2v) is 7.76. The number of aliphatic imine (C=N–C) groups is 4. The second-order valence-electron chi connectivity index (χ2n) is 7.76. The van der Waals surface area contributed by atoms with Gasteiger partial charge in [-0.05, 0) is 60.6 Å². The molecule has 3 aliphatic heterocycles. The Morgan fingerprint density at radius 2 is 1.40 bits per heavy atom. The Kier molecular flexibility index (Phi) is 6.10. The summed E-state index contributed by atoms with van der Waals surface area (Å²) < 4.78 is 15.7. The average Bonchev–Trinajstić information content (AvgIpc) is 2.97. The van der Waals surface area contributed by atoms with Crippen molar-refractivity contribution in [3.63, 3.8) is 0 Å². The SMILES string of the molecule is CC(C)=CC=C(C)C.CC1=NC2=CC(F)=CC3=NC(n4c(C)ccc4C)=NC(=N1)N23. The number of amidine groups is 2. The summed E-state index contributed by atoms with van der Waals surface area (Å²) in [4.78, 5) is 19.2. The van der Waals surface area contributed by atoms with Crippen LogP contribution in [0.1, 0.15) is 46.0 Å². The Bertz CT molecular complexity index is 1070. The Balaban J connectivity index is 0.000000275. The van der Waals surface area contributed by atoms with Gasteiger partial charge in [0.25, 0.3) is 0 Å². The summed E-state index contributed by atoms with van der Waals surface area (Å²) in [6.07, 6.45) is 6.95. The average molecular weight is 407 g/mol. The van der Waals surface area contributed by atoms with Crippen molar-refractivity contribution in [2.24, 2.45) is 20.0 Å². The molecule has 6 nitrogen and oxygen atoms in total. The van der Waals surface area contributed by atoms with Crippen molar-refractivity contribution in [2.75, 3.05) is 0 Å².